The second-order valence-corrected chi connectivity index (χ2v) is 9.79. The summed E-state index contributed by atoms with van der Waals surface area (Å²) >= 11 is 0. The number of nitrogens with two attached hydrogens (primary N) is 1. The van der Waals surface area contributed by atoms with Crippen molar-refractivity contribution in [3.05, 3.63) is 54.2 Å². The molecule has 5 heterocycles. The summed E-state index contributed by atoms with van der Waals surface area (Å²) in [6, 6.07) is 8.58. The maximum atomic E-state index is 12.7. The molecule has 2 aliphatic rings. The number of pyridine rings is 1. The van der Waals surface area contributed by atoms with Gasteiger partial charge >= 0.3 is 18.1 Å². The second-order valence-electron chi connectivity index (χ2n) is 9.79. The van der Waals surface area contributed by atoms with E-state index in [1.54, 1.807) is 44.4 Å². The lowest BCUT2D eigenvalue weighted by Crippen LogP contribution is -2.45. The number of hydrogen-bond donors (Lipinski definition) is 1. The van der Waals surface area contributed by atoms with E-state index in [4.69, 9.17) is 29.4 Å². The number of anilines is 1. The number of esters is 2. The van der Waals surface area contributed by atoms with Crippen molar-refractivity contribution in [3.8, 4) is 6.07 Å². The number of nitrogens with zero attached hydrogens (tertiary/aromatic N) is 5. The van der Waals surface area contributed by atoms with Crippen LogP contribution in [-0.4, -0.2) is 62.6 Å². The third-order valence-electron chi connectivity index (χ3n) is 6.80. The maximum Gasteiger partial charge on any atom is 0.509 e. The number of rotatable bonds is 5. The number of nitrogen functional groups attached to an aromatic ring is 1. The molecule has 3 aromatic rings. The van der Waals surface area contributed by atoms with E-state index < -0.39 is 54.2 Å². The van der Waals surface area contributed by atoms with Crippen LogP contribution in [0.4, 0.5) is 10.6 Å². The van der Waals surface area contributed by atoms with Gasteiger partial charge in [-0.05, 0) is 50.1 Å². The van der Waals surface area contributed by atoms with E-state index in [0.29, 0.717) is 11.1 Å². The average molecular weight is 551 g/mol. The van der Waals surface area contributed by atoms with Gasteiger partial charge in [-0.2, -0.15) is 10.4 Å². The van der Waals surface area contributed by atoms with Gasteiger partial charge in [0.25, 0.3) is 0 Å². The van der Waals surface area contributed by atoms with Crippen molar-refractivity contribution >= 4 is 29.4 Å². The Hall–Kier alpha value is -4.77. The van der Waals surface area contributed by atoms with Crippen LogP contribution in [-0.2, 0) is 44.5 Å². The SMILES string of the molecule is CC(C)(OC(=O)OC[C@H]1O[C@@](C#N)(c2ccc3c(N)ncnn23)[C@@H]2OC(=O)CCCC(=O)O[C@@H]21)c1ccncc1. The van der Waals surface area contributed by atoms with E-state index in [9.17, 15) is 19.6 Å². The summed E-state index contributed by atoms with van der Waals surface area (Å²) in [5.41, 5.74) is 4.11. The Kier molecular flexibility index (Phi) is 6.99. The third-order valence-corrected chi connectivity index (χ3v) is 6.80. The van der Waals surface area contributed by atoms with Crippen LogP contribution in [0.15, 0.2) is 43.0 Å². The highest BCUT2D eigenvalue weighted by Crippen LogP contribution is 2.44. The zero-order valence-electron chi connectivity index (χ0n) is 21.7. The first-order valence-corrected chi connectivity index (χ1v) is 12.5. The first-order valence-electron chi connectivity index (χ1n) is 12.5. The number of aromatic nitrogens is 4. The first-order chi connectivity index (χ1) is 19.1. The molecule has 0 amide bonds. The molecule has 3 aromatic heterocycles. The van der Waals surface area contributed by atoms with Crippen molar-refractivity contribution in [3.63, 3.8) is 0 Å². The molecule has 0 unspecified atom stereocenters. The molecule has 0 saturated carbocycles. The second kappa shape index (κ2) is 10.4. The molecule has 2 fully saturated rings. The number of ether oxygens (including phenoxy) is 5. The van der Waals surface area contributed by atoms with Gasteiger partial charge in [0.15, 0.2) is 18.0 Å². The van der Waals surface area contributed by atoms with Crippen LogP contribution >= 0.6 is 0 Å². The molecule has 4 atom stereocenters. The maximum absolute atomic E-state index is 12.7. The average Bonchev–Trinajstić information content (AvgIpc) is 3.50. The quantitative estimate of drug-likeness (QED) is 0.358. The van der Waals surface area contributed by atoms with Crippen molar-refractivity contribution in [2.24, 2.45) is 0 Å². The van der Waals surface area contributed by atoms with Gasteiger partial charge in [-0.15, -0.1) is 0 Å². The Labute approximate surface area is 227 Å². The minimum Gasteiger partial charge on any atom is -0.455 e. The van der Waals surface area contributed by atoms with Gasteiger partial charge in [-0.25, -0.2) is 14.3 Å². The molecule has 5 rings (SSSR count). The van der Waals surface area contributed by atoms with E-state index in [2.05, 4.69) is 21.1 Å². The van der Waals surface area contributed by atoms with Crippen LogP contribution < -0.4 is 5.73 Å². The smallest absolute Gasteiger partial charge is 0.455 e. The van der Waals surface area contributed by atoms with E-state index in [-0.39, 0.29) is 30.8 Å². The van der Waals surface area contributed by atoms with Gasteiger partial charge < -0.3 is 29.4 Å². The zero-order valence-corrected chi connectivity index (χ0v) is 21.7. The summed E-state index contributed by atoms with van der Waals surface area (Å²) in [4.78, 5) is 45.9. The van der Waals surface area contributed by atoms with Crippen molar-refractivity contribution in [2.45, 2.75) is 62.6 Å². The third kappa shape index (κ3) is 4.87. The molecule has 0 spiro atoms. The van der Waals surface area contributed by atoms with Crippen molar-refractivity contribution in [1.82, 2.24) is 19.6 Å². The van der Waals surface area contributed by atoms with Gasteiger partial charge in [-0.1, -0.05) is 0 Å². The first kappa shape index (κ1) is 26.8. The molecular formula is C26H26N6O8. The van der Waals surface area contributed by atoms with Crippen LogP contribution in [0.2, 0.25) is 0 Å². The van der Waals surface area contributed by atoms with Crippen LogP contribution in [0, 0.1) is 11.3 Å². The summed E-state index contributed by atoms with van der Waals surface area (Å²) in [6.45, 7) is 2.87. The fourth-order valence-electron chi connectivity index (χ4n) is 4.79. The van der Waals surface area contributed by atoms with Gasteiger partial charge in [-0.3, -0.25) is 14.6 Å². The summed E-state index contributed by atoms with van der Waals surface area (Å²) < 4.78 is 29.7. The van der Waals surface area contributed by atoms with Gasteiger partial charge in [0.05, 0.1) is 5.69 Å². The number of carbonyl (C=O) groups excluding carboxylic acids is 3. The Bertz CT molecular complexity index is 1490. The van der Waals surface area contributed by atoms with Crippen LogP contribution in [0.25, 0.3) is 5.52 Å². The van der Waals surface area contributed by atoms with Gasteiger partial charge in [0, 0.05) is 25.2 Å². The molecule has 14 nitrogen and oxygen atoms in total. The van der Waals surface area contributed by atoms with E-state index >= 15 is 0 Å². The normalized spacial score (nSPS) is 25.0. The lowest BCUT2D eigenvalue weighted by atomic mass is 9.92. The van der Waals surface area contributed by atoms with Gasteiger partial charge in [0.1, 0.15) is 36.2 Å². The molecule has 0 aliphatic carbocycles. The largest absolute Gasteiger partial charge is 0.509 e. The minimum atomic E-state index is -2.01. The lowest BCUT2D eigenvalue weighted by molar-refractivity contribution is -0.166. The van der Waals surface area contributed by atoms with E-state index in [0.717, 1.165) is 0 Å². The molecule has 208 valence electrons. The zero-order chi connectivity index (χ0) is 28.5. The monoisotopic (exact) mass is 550 g/mol. The predicted molar refractivity (Wildman–Crippen MR) is 133 cm³/mol. The standard InChI is InChI=1S/C26H26N6O8/c1-25(2,15-8-10-29-11-9-15)40-24(35)36-12-17-21-22(38-20(34)5-3-4-19(33)37-21)26(13-27,39-17)18-7-6-16-23(28)30-14-31-32(16)18/h6-11,14,17,21-22H,3-5,12H2,1-2H3,(H2,28,30,31)/t17-,21-,22-,26+/m1/s1. The Morgan fingerprint density at radius 2 is 1.93 bits per heavy atom. The van der Waals surface area contributed by atoms with Crippen LogP contribution in [0.3, 0.4) is 0 Å². The van der Waals surface area contributed by atoms with Crippen molar-refractivity contribution in [1.29, 1.82) is 5.26 Å². The highest BCUT2D eigenvalue weighted by molar-refractivity contribution is 5.74. The van der Waals surface area contributed by atoms with Gasteiger partial charge in [0.2, 0.25) is 5.60 Å². The molecule has 0 bridgehead atoms. The summed E-state index contributed by atoms with van der Waals surface area (Å²) in [5.74, 6) is -1.13. The number of nitriles is 1. The fourth-order valence-corrected chi connectivity index (χ4v) is 4.79. The topological polar surface area (TPSA) is 190 Å². The highest BCUT2D eigenvalue weighted by Gasteiger charge is 2.63. The molecule has 0 aromatic carbocycles. The summed E-state index contributed by atoms with van der Waals surface area (Å²) in [6.07, 6.45) is -0.539. The number of fused-ring (bicyclic) bond motifs is 2. The molecule has 2 saturated heterocycles. The fraction of sp³-hybridized carbons (Fsp3) is 0.423. The molecular weight excluding hydrogens is 524 g/mol. The van der Waals surface area contributed by atoms with E-state index in [1.165, 1.54) is 16.9 Å². The predicted octanol–water partition coefficient (Wildman–Crippen LogP) is 1.92. The minimum absolute atomic E-state index is 0.0502. The summed E-state index contributed by atoms with van der Waals surface area (Å²) in [5, 5.41) is 14.7. The Morgan fingerprint density at radius 3 is 2.65 bits per heavy atom. The number of carbonyl (C=O) groups is 3. The van der Waals surface area contributed by atoms with Crippen molar-refractivity contribution < 1.29 is 38.1 Å². The van der Waals surface area contributed by atoms with Crippen molar-refractivity contribution in [2.75, 3.05) is 12.3 Å². The Morgan fingerprint density at radius 1 is 1.20 bits per heavy atom. The highest BCUT2D eigenvalue weighted by atomic mass is 16.7. The Balaban J connectivity index is 1.46. The molecule has 40 heavy (non-hydrogen) atoms. The lowest BCUT2D eigenvalue weighted by Gasteiger charge is -2.28. The molecule has 14 heteroatoms. The molecule has 2 N–H and O–H groups in total. The van der Waals surface area contributed by atoms with Crippen LogP contribution in [0.1, 0.15) is 44.4 Å². The van der Waals surface area contributed by atoms with Crippen LogP contribution in [0.5, 0.6) is 0 Å². The molecule has 2 aliphatic heterocycles. The number of hydrogen-bond acceptors (Lipinski definition) is 13. The summed E-state index contributed by atoms with van der Waals surface area (Å²) in [7, 11) is 0. The molecule has 0 radical (unpaired) electrons. The van der Waals surface area contributed by atoms with E-state index in [1.807, 2.05) is 0 Å².